The van der Waals surface area contributed by atoms with Crippen LogP contribution in [-0.4, -0.2) is 27.4 Å². The summed E-state index contributed by atoms with van der Waals surface area (Å²) in [5.74, 6) is -0.0624. The molecular weight excluding hydrogens is 465 g/mol. The Morgan fingerprint density at radius 3 is 2.31 bits per heavy atom. The van der Waals surface area contributed by atoms with Crippen LogP contribution in [0.3, 0.4) is 0 Å². The Morgan fingerprint density at radius 2 is 1.66 bits per heavy atom. The van der Waals surface area contributed by atoms with Gasteiger partial charge in [0.1, 0.15) is 5.82 Å². The number of amides is 1. The second kappa shape index (κ2) is 10.5. The molecule has 8 heteroatoms. The Bertz CT molecular complexity index is 1280. The number of benzene rings is 3. The molecule has 1 fully saturated rings. The van der Waals surface area contributed by atoms with Gasteiger partial charge >= 0.3 is 0 Å². The maximum atomic E-state index is 13.2. The minimum atomic E-state index is -3.85. The van der Waals surface area contributed by atoms with Gasteiger partial charge in [-0.2, -0.15) is 0 Å². The molecule has 0 atom stereocenters. The Labute approximate surface area is 206 Å². The normalized spacial score (nSPS) is 14.5. The second-order valence-electron chi connectivity index (χ2n) is 9.13. The van der Waals surface area contributed by atoms with Crippen molar-refractivity contribution in [3.8, 4) is 0 Å². The summed E-state index contributed by atoms with van der Waals surface area (Å²) in [7, 11) is -3.85. The molecule has 0 saturated carbocycles. The fourth-order valence-corrected chi connectivity index (χ4v) is 5.16. The van der Waals surface area contributed by atoms with Crippen molar-refractivity contribution in [2.45, 2.75) is 38.1 Å². The molecule has 0 aromatic heterocycles. The molecule has 0 radical (unpaired) electrons. The average molecular weight is 496 g/mol. The quantitative estimate of drug-likeness (QED) is 0.478. The molecule has 0 aliphatic carbocycles. The lowest BCUT2D eigenvalue weighted by Gasteiger charge is -2.33. The van der Waals surface area contributed by atoms with E-state index in [1.807, 2.05) is 6.92 Å². The molecule has 0 spiro atoms. The van der Waals surface area contributed by atoms with Crippen LogP contribution in [0.5, 0.6) is 0 Å². The standard InChI is InChI=1S/C27H30FN3O3S/c1-19-3-10-24(11-4-19)35(33,34)30-25-17-22(7-12-26(25)31-15-13-20(2)14-16-31)27(32)29-18-21-5-8-23(28)9-6-21/h3-12,17,20,30H,13-16,18H2,1-2H3,(H,29,32). The Kier molecular flexibility index (Phi) is 7.40. The van der Waals surface area contributed by atoms with Crippen molar-refractivity contribution in [3.05, 3.63) is 89.2 Å². The highest BCUT2D eigenvalue weighted by atomic mass is 32.2. The number of aryl methyl sites for hydroxylation is 1. The minimum absolute atomic E-state index is 0.160. The summed E-state index contributed by atoms with van der Waals surface area (Å²) in [6.07, 6.45) is 2.04. The van der Waals surface area contributed by atoms with Crippen molar-refractivity contribution in [3.63, 3.8) is 0 Å². The number of anilines is 2. The third-order valence-corrected chi connectivity index (χ3v) is 7.71. The first-order chi connectivity index (χ1) is 16.7. The van der Waals surface area contributed by atoms with E-state index in [-0.39, 0.29) is 23.2 Å². The van der Waals surface area contributed by atoms with Crippen molar-refractivity contribution < 1.29 is 17.6 Å². The SMILES string of the molecule is Cc1ccc(S(=O)(=O)Nc2cc(C(=O)NCc3ccc(F)cc3)ccc2N2CCC(C)CC2)cc1. The molecule has 1 heterocycles. The van der Waals surface area contributed by atoms with Gasteiger partial charge in [-0.1, -0.05) is 36.8 Å². The monoisotopic (exact) mass is 495 g/mol. The number of halogens is 1. The molecule has 6 nitrogen and oxygen atoms in total. The van der Waals surface area contributed by atoms with Gasteiger partial charge in [-0.15, -0.1) is 0 Å². The summed E-state index contributed by atoms with van der Waals surface area (Å²) in [4.78, 5) is 15.2. The third kappa shape index (κ3) is 6.19. The van der Waals surface area contributed by atoms with Gasteiger partial charge in [0, 0.05) is 25.2 Å². The number of sulfonamides is 1. The van der Waals surface area contributed by atoms with Crippen molar-refractivity contribution >= 4 is 27.3 Å². The highest BCUT2D eigenvalue weighted by molar-refractivity contribution is 7.92. The van der Waals surface area contributed by atoms with E-state index in [1.54, 1.807) is 54.6 Å². The Balaban J connectivity index is 1.60. The maximum Gasteiger partial charge on any atom is 0.261 e. The van der Waals surface area contributed by atoms with Gasteiger partial charge in [-0.3, -0.25) is 9.52 Å². The number of rotatable bonds is 7. The van der Waals surface area contributed by atoms with Crippen molar-refractivity contribution in [1.82, 2.24) is 5.32 Å². The van der Waals surface area contributed by atoms with Gasteiger partial charge in [-0.25, -0.2) is 12.8 Å². The first-order valence-corrected chi connectivity index (χ1v) is 13.2. The van der Waals surface area contributed by atoms with Gasteiger partial charge in [0.05, 0.1) is 16.3 Å². The molecule has 1 aliphatic rings. The zero-order valence-electron chi connectivity index (χ0n) is 19.9. The third-order valence-electron chi connectivity index (χ3n) is 6.32. The van der Waals surface area contributed by atoms with E-state index in [1.165, 1.54) is 12.1 Å². The average Bonchev–Trinajstić information content (AvgIpc) is 2.84. The van der Waals surface area contributed by atoms with Crippen LogP contribution in [0, 0.1) is 18.7 Å². The van der Waals surface area contributed by atoms with Crippen LogP contribution >= 0.6 is 0 Å². The predicted octanol–water partition coefficient (Wildman–Crippen LogP) is 5.10. The van der Waals surface area contributed by atoms with E-state index in [9.17, 15) is 17.6 Å². The molecule has 0 unspecified atom stereocenters. The van der Waals surface area contributed by atoms with Gasteiger partial charge < -0.3 is 10.2 Å². The van der Waals surface area contributed by atoms with Gasteiger partial charge in [-0.05, 0) is 73.7 Å². The number of carbonyl (C=O) groups is 1. The van der Waals surface area contributed by atoms with Crippen LogP contribution in [0.2, 0.25) is 0 Å². The maximum absolute atomic E-state index is 13.2. The zero-order chi connectivity index (χ0) is 25.0. The van der Waals surface area contributed by atoms with Crippen LogP contribution < -0.4 is 14.9 Å². The number of nitrogens with one attached hydrogen (secondary N) is 2. The Hall–Kier alpha value is -3.39. The predicted molar refractivity (Wildman–Crippen MR) is 137 cm³/mol. The molecule has 35 heavy (non-hydrogen) atoms. The van der Waals surface area contributed by atoms with E-state index >= 15 is 0 Å². The summed E-state index contributed by atoms with van der Waals surface area (Å²) in [6.45, 7) is 5.97. The molecule has 1 saturated heterocycles. The van der Waals surface area contributed by atoms with Crippen LogP contribution in [0.4, 0.5) is 15.8 Å². The molecule has 0 bridgehead atoms. The highest BCUT2D eigenvalue weighted by Gasteiger charge is 2.23. The van der Waals surface area contributed by atoms with E-state index in [0.717, 1.165) is 42.7 Å². The first-order valence-electron chi connectivity index (χ1n) is 11.7. The molecule has 1 amide bonds. The summed E-state index contributed by atoms with van der Waals surface area (Å²) >= 11 is 0. The van der Waals surface area contributed by atoms with Gasteiger partial charge in [0.25, 0.3) is 15.9 Å². The molecular formula is C27H30FN3O3S. The second-order valence-corrected chi connectivity index (χ2v) is 10.8. The number of nitrogens with zero attached hydrogens (tertiary/aromatic N) is 1. The van der Waals surface area contributed by atoms with Crippen molar-refractivity contribution in [1.29, 1.82) is 0 Å². The number of hydrogen-bond acceptors (Lipinski definition) is 4. The van der Waals surface area contributed by atoms with Gasteiger partial charge in [0.2, 0.25) is 0 Å². The van der Waals surface area contributed by atoms with E-state index < -0.39 is 10.0 Å². The van der Waals surface area contributed by atoms with Crippen LogP contribution in [0.25, 0.3) is 0 Å². The number of carbonyl (C=O) groups excluding carboxylic acids is 1. The van der Waals surface area contributed by atoms with Crippen LogP contribution in [0.15, 0.2) is 71.6 Å². The summed E-state index contributed by atoms with van der Waals surface area (Å²) in [5.41, 5.74) is 3.19. The zero-order valence-corrected chi connectivity index (χ0v) is 20.7. The van der Waals surface area contributed by atoms with E-state index in [2.05, 4.69) is 21.9 Å². The number of hydrogen-bond donors (Lipinski definition) is 2. The largest absolute Gasteiger partial charge is 0.370 e. The van der Waals surface area contributed by atoms with Gasteiger partial charge in [0.15, 0.2) is 0 Å². The fraction of sp³-hybridized carbons (Fsp3) is 0.296. The lowest BCUT2D eigenvalue weighted by Crippen LogP contribution is -2.33. The van der Waals surface area contributed by atoms with E-state index in [0.29, 0.717) is 17.2 Å². The highest BCUT2D eigenvalue weighted by Crippen LogP contribution is 2.32. The number of piperidine rings is 1. The Morgan fingerprint density at radius 1 is 1.00 bits per heavy atom. The topological polar surface area (TPSA) is 78.5 Å². The smallest absolute Gasteiger partial charge is 0.261 e. The van der Waals surface area contributed by atoms with Crippen molar-refractivity contribution in [2.75, 3.05) is 22.7 Å². The first kappa shape index (κ1) is 24.7. The molecule has 2 N–H and O–H groups in total. The molecule has 4 rings (SSSR count). The van der Waals surface area contributed by atoms with E-state index in [4.69, 9.17) is 0 Å². The molecule has 3 aromatic rings. The molecule has 184 valence electrons. The van der Waals surface area contributed by atoms with Crippen molar-refractivity contribution in [2.24, 2.45) is 5.92 Å². The summed E-state index contributed by atoms with van der Waals surface area (Å²) in [5, 5.41) is 2.82. The molecule has 1 aliphatic heterocycles. The lowest BCUT2D eigenvalue weighted by molar-refractivity contribution is 0.0951. The summed E-state index contributed by atoms with van der Waals surface area (Å²) < 4.78 is 42.2. The fourth-order valence-electron chi connectivity index (χ4n) is 4.09. The van der Waals surface area contributed by atoms with Crippen LogP contribution in [-0.2, 0) is 16.6 Å². The minimum Gasteiger partial charge on any atom is -0.370 e. The van der Waals surface area contributed by atoms with Crippen LogP contribution in [0.1, 0.15) is 41.3 Å². The molecule has 3 aromatic carbocycles. The summed E-state index contributed by atoms with van der Waals surface area (Å²) in [6, 6.07) is 17.6. The lowest BCUT2D eigenvalue weighted by atomic mass is 9.98.